The van der Waals surface area contributed by atoms with Gasteiger partial charge in [0.15, 0.2) is 5.16 Å². The molecule has 1 saturated carbocycles. The number of thioether (sulfide) groups is 1. The molecule has 1 fully saturated rings. The second-order valence-corrected chi connectivity index (χ2v) is 8.31. The average molecular weight is 389 g/mol. The second kappa shape index (κ2) is 9.37. The van der Waals surface area contributed by atoms with E-state index in [2.05, 4.69) is 15.2 Å². The highest BCUT2D eigenvalue weighted by atomic mass is 32.2. The van der Waals surface area contributed by atoms with E-state index in [0.717, 1.165) is 25.8 Å². The highest BCUT2D eigenvalue weighted by molar-refractivity contribution is 7.99. The van der Waals surface area contributed by atoms with E-state index in [4.69, 9.17) is 0 Å². The van der Waals surface area contributed by atoms with Crippen LogP contribution in [0.2, 0.25) is 0 Å². The van der Waals surface area contributed by atoms with Gasteiger partial charge >= 0.3 is 0 Å². The van der Waals surface area contributed by atoms with Crippen molar-refractivity contribution in [1.29, 1.82) is 0 Å². The number of hydrogen-bond acceptors (Lipinski definition) is 5. The van der Waals surface area contributed by atoms with Crippen molar-refractivity contribution in [2.45, 2.75) is 49.8 Å². The number of carbonyl (C=O) groups excluding carboxylic acids is 1. The number of para-hydroxylation sites is 1. The number of hydrogen-bond donors (Lipinski definition) is 1. The molecule has 1 aliphatic carbocycles. The van der Waals surface area contributed by atoms with Crippen LogP contribution in [0.1, 0.15) is 32.1 Å². The van der Waals surface area contributed by atoms with Crippen LogP contribution < -0.4 is 10.9 Å². The Labute approximate surface area is 164 Å². The Morgan fingerprint density at radius 3 is 2.78 bits per heavy atom. The molecule has 7 heteroatoms. The standard InChI is InChI=1S/C20H28N4O2S/c1-23(2)12-7-13-24-19(26)16-10-5-6-11-17(16)22-20(24)27-14-18(25)21-15-8-3-4-9-15/h5-6,10-11,15H,3-4,7-9,12-14H2,1-2H3,(H,21,25). The number of rotatable bonds is 8. The Kier molecular flexibility index (Phi) is 6.90. The summed E-state index contributed by atoms with van der Waals surface area (Å²) in [4.78, 5) is 32.0. The molecule has 146 valence electrons. The minimum atomic E-state index is -0.0296. The van der Waals surface area contributed by atoms with Gasteiger partial charge < -0.3 is 10.2 Å². The van der Waals surface area contributed by atoms with Crippen LogP contribution in [0.3, 0.4) is 0 Å². The minimum absolute atomic E-state index is 0.0224. The normalized spacial score (nSPS) is 14.9. The molecule has 0 spiro atoms. The summed E-state index contributed by atoms with van der Waals surface area (Å²) < 4.78 is 1.72. The maximum absolute atomic E-state index is 12.9. The van der Waals surface area contributed by atoms with Gasteiger partial charge in [-0.15, -0.1) is 0 Å². The van der Waals surface area contributed by atoms with Gasteiger partial charge in [0.05, 0.1) is 16.7 Å². The summed E-state index contributed by atoms with van der Waals surface area (Å²) in [6.07, 6.45) is 5.37. The maximum atomic E-state index is 12.9. The first-order valence-electron chi connectivity index (χ1n) is 9.61. The molecule has 0 atom stereocenters. The molecule has 0 radical (unpaired) electrons. The fraction of sp³-hybridized carbons (Fsp3) is 0.550. The Hall–Kier alpha value is -1.86. The molecular weight excluding hydrogens is 360 g/mol. The molecular formula is C20H28N4O2S. The zero-order chi connectivity index (χ0) is 19.2. The van der Waals surface area contributed by atoms with Crippen molar-refractivity contribution in [2.24, 2.45) is 0 Å². The molecule has 2 aromatic rings. The zero-order valence-electron chi connectivity index (χ0n) is 16.1. The highest BCUT2D eigenvalue weighted by Crippen LogP contribution is 2.20. The highest BCUT2D eigenvalue weighted by Gasteiger charge is 2.18. The lowest BCUT2D eigenvalue weighted by Crippen LogP contribution is -2.34. The molecule has 1 N–H and O–H groups in total. The van der Waals surface area contributed by atoms with Gasteiger partial charge in [-0.25, -0.2) is 4.98 Å². The summed E-state index contributed by atoms with van der Waals surface area (Å²) in [5, 5.41) is 4.35. The molecule has 0 unspecified atom stereocenters. The van der Waals surface area contributed by atoms with E-state index in [9.17, 15) is 9.59 Å². The van der Waals surface area contributed by atoms with E-state index >= 15 is 0 Å². The van der Waals surface area contributed by atoms with Crippen LogP contribution in [0, 0.1) is 0 Å². The van der Waals surface area contributed by atoms with Crippen molar-refractivity contribution in [2.75, 3.05) is 26.4 Å². The summed E-state index contributed by atoms with van der Waals surface area (Å²) in [7, 11) is 4.04. The Balaban J connectivity index is 1.76. The van der Waals surface area contributed by atoms with Gasteiger partial charge in [-0.2, -0.15) is 0 Å². The zero-order valence-corrected chi connectivity index (χ0v) is 16.9. The number of benzene rings is 1. The van der Waals surface area contributed by atoms with Crippen LogP contribution in [0.25, 0.3) is 10.9 Å². The van der Waals surface area contributed by atoms with Crippen molar-refractivity contribution in [3.05, 3.63) is 34.6 Å². The molecule has 1 heterocycles. The quantitative estimate of drug-likeness (QED) is 0.556. The van der Waals surface area contributed by atoms with Crippen molar-refractivity contribution < 1.29 is 4.79 Å². The lowest BCUT2D eigenvalue weighted by atomic mass is 10.2. The number of amides is 1. The van der Waals surface area contributed by atoms with E-state index < -0.39 is 0 Å². The Morgan fingerprint density at radius 2 is 2.04 bits per heavy atom. The summed E-state index contributed by atoms with van der Waals surface area (Å²) in [5.74, 6) is 0.309. The first kappa shape index (κ1) is 19.9. The van der Waals surface area contributed by atoms with Gasteiger partial charge in [0.25, 0.3) is 5.56 Å². The second-order valence-electron chi connectivity index (χ2n) is 7.36. The van der Waals surface area contributed by atoms with E-state index in [1.807, 2.05) is 38.4 Å². The summed E-state index contributed by atoms with van der Waals surface area (Å²) in [6, 6.07) is 7.71. The van der Waals surface area contributed by atoms with Crippen LogP contribution in [0.4, 0.5) is 0 Å². The number of nitrogens with zero attached hydrogens (tertiary/aromatic N) is 3. The predicted molar refractivity (Wildman–Crippen MR) is 110 cm³/mol. The molecule has 0 aliphatic heterocycles. The smallest absolute Gasteiger partial charge is 0.262 e. The monoisotopic (exact) mass is 388 g/mol. The molecule has 1 aromatic carbocycles. The van der Waals surface area contributed by atoms with Crippen LogP contribution in [0.5, 0.6) is 0 Å². The van der Waals surface area contributed by atoms with Crippen molar-refractivity contribution in [3.8, 4) is 0 Å². The first-order chi connectivity index (χ1) is 13.0. The predicted octanol–water partition coefficient (Wildman–Crippen LogP) is 2.50. The van der Waals surface area contributed by atoms with Crippen molar-refractivity contribution >= 4 is 28.6 Å². The lowest BCUT2D eigenvalue weighted by molar-refractivity contribution is -0.119. The fourth-order valence-electron chi connectivity index (χ4n) is 3.47. The van der Waals surface area contributed by atoms with Crippen molar-refractivity contribution in [1.82, 2.24) is 19.8 Å². The molecule has 6 nitrogen and oxygen atoms in total. The van der Waals surface area contributed by atoms with E-state index in [0.29, 0.717) is 28.6 Å². The first-order valence-corrected chi connectivity index (χ1v) is 10.6. The maximum Gasteiger partial charge on any atom is 0.262 e. The van der Waals surface area contributed by atoms with Gasteiger partial charge in [-0.1, -0.05) is 36.7 Å². The van der Waals surface area contributed by atoms with E-state index in [1.54, 1.807) is 4.57 Å². The summed E-state index contributed by atoms with van der Waals surface area (Å²) >= 11 is 1.35. The topological polar surface area (TPSA) is 67.2 Å². The molecule has 27 heavy (non-hydrogen) atoms. The number of aromatic nitrogens is 2. The van der Waals surface area contributed by atoms with Gasteiger partial charge in [0.1, 0.15) is 0 Å². The average Bonchev–Trinajstić information content (AvgIpc) is 3.15. The molecule has 0 bridgehead atoms. The largest absolute Gasteiger partial charge is 0.353 e. The third kappa shape index (κ3) is 5.32. The molecule has 0 saturated heterocycles. The third-order valence-electron chi connectivity index (χ3n) is 4.87. The third-order valence-corrected chi connectivity index (χ3v) is 5.84. The number of carbonyl (C=O) groups is 1. The Bertz CT molecular complexity index is 843. The minimum Gasteiger partial charge on any atom is -0.353 e. The fourth-order valence-corrected chi connectivity index (χ4v) is 4.31. The summed E-state index contributed by atoms with van der Waals surface area (Å²) in [5.41, 5.74) is 0.656. The Morgan fingerprint density at radius 1 is 1.30 bits per heavy atom. The van der Waals surface area contributed by atoms with Crippen LogP contribution in [0.15, 0.2) is 34.2 Å². The van der Waals surface area contributed by atoms with Gasteiger partial charge in [-0.3, -0.25) is 14.2 Å². The van der Waals surface area contributed by atoms with Gasteiger partial charge in [0, 0.05) is 12.6 Å². The van der Waals surface area contributed by atoms with E-state index in [1.165, 1.54) is 24.6 Å². The number of fused-ring (bicyclic) bond motifs is 1. The lowest BCUT2D eigenvalue weighted by Gasteiger charge is -2.15. The summed E-state index contributed by atoms with van der Waals surface area (Å²) in [6.45, 7) is 1.49. The molecule has 1 aliphatic rings. The molecule has 1 aromatic heterocycles. The van der Waals surface area contributed by atoms with E-state index in [-0.39, 0.29) is 17.2 Å². The van der Waals surface area contributed by atoms with Gasteiger partial charge in [0.2, 0.25) is 5.91 Å². The SMILES string of the molecule is CN(C)CCCn1c(SCC(=O)NC2CCCC2)nc2ccccc2c1=O. The molecule has 3 rings (SSSR count). The van der Waals surface area contributed by atoms with Crippen LogP contribution >= 0.6 is 11.8 Å². The van der Waals surface area contributed by atoms with Crippen molar-refractivity contribution in [3.63, 3.8) is 0 Å². The number of nitrogens with one attached hydrogen (secondary N) is 1. The molecule has 1 amide bonds. The van der Waals surface area contributed by atoms with Gasteiger partial charge in [-0.05, 0) is 52.0 Å². The van der Waals surface area contributed by atoms with Crippen LogP contribution in [-0.4, -0.2) is 52.8 Å². The van der Waals surface area contributed by atoms with Crippen LogP contribution in [-0.2, 0) is 11.3 Å².